The Morgan fingerprint density at radius 3 is 2.61 bits per heavy atom. The van der Waals surface area contributed by atoms with Crippen LogP contribution in [0.15, 0.2) is 66.9 Å². The molecule has 0 radical (unpaired) electrons. The molecule has 1 aromatic heterocycles. The maximum Gasteiger partial charge on any atom is 0.293 e. The number of anilines is 3. The van der Waals surface area contributed by atoms with Gasteiger partial charge in [0.1, 0.15) is 5.69 Å². The molecule has 1 amide bonds. The summed E-state index contributed by atoms with van der Waals surface area (Å²) in [6.45, 7) is 6.19. The van der Waals surface area contributed by atoms with Crippen LogP contribution in [0.4, 0.5) is 22.7 Å². The number of pyridine rings is 1. The van der Waals surface area contributed by atoms with Crippen LogP contribution >= 0.6 is 0 Å². The van der Waals surface area contributed by atoms with Gasteiger partial charge in [0, 0.05) is 42.3 Å². The minimum absolute atomic E-state index is 0.163. The number of nitro groups is 1. The van der Waals surface area contributed by atoms with E-state index in [4.69, 9.17) is 0 Å². The van der Waals surface area contributed by atoms with Gasteiger partial charge in [-0.1, -0.05) is 13.0 Å². The molecule has 2 atom stereocenters. The van der Waals surface area contributed by atoms with E-state index in [0.29, 0.717) is 17.3 Å². The lowest BCUT2D eigenvalue weighted by Gasteiger charge is -2.18. The van der Waals surface area contributed by atoms with Crippen molar-refractivity contribution < 1.29 is 9.72 Å². The highest BCUT2D eigenvalue weighted by Gasteiger charge is 2.21. The average Bonchev–Trinajstić information content (AvgIpc) is 3.26. The van der Waals surface area contributed by atoms with Gasteiger partial charge in [-0.3, -0.25) is 19.9 Å². The first-order valence-electron chi connectivity index (χ1n) is 11.0. The van der Waals surface area contributed by atoms with Crippen molar-refractivity contribution >= 4 is 28.7 Å². The number of nitrogens with one attached hydrogen (secondary N) is 2. The smallest absolute Gasteiger partial charge is 0.293 e. The van der Waals surface area contributed by atoms with Gasteiger partial charge in [0.25, 0.3) is 11.6 Å². The van der Waals surface area contributed by atoms with Gasteiger partial charge in [-0.2, -0.15) is 0 Å². The Kier molecular flexibility index (Phi) is 6.53. The minimum atomic E-state index is -0.490. The van der Waals surface area contributed by atoms with Crippen LogP contribution in [0.25, 0.3) is 0 Å². The van der Waals surface area contributed by atoms with Crippen molar-refractivity contribution in [3.05, 3.63) is 88.2 Å². The fourth-order valence-corrected chi connectivity index (χ4v) is 4.01. The Hall–Kier alpha value is -3.94. The van der Waals surface area contributed by atoms with Crippen LogP contribution in [0.5, 0.6) is 0 Å². The predicted molar refractivity (Wildman–Crippen MR) is 130 cm³/mol. The SMILES string of the molecule is CC1CCN(c2ccc(NC(=O)c3ccc(NC(C)c4ccccn4)c([N+](=O)[O-])c3)cc2)C1. The largest absolute Gasteiger partial charge is 0.371 e. The number of amides is 1. The average molecular weight is 446 g/mol. The van der Waals surface area contributed by atoms with Gasteiger partial charge in [0.2, 0.25) is 0 Å². The number of carbonyl (C=O) groups excluding carboxylic acids is 1. The number of nitro benzene ring substituents is 1. The highest BCUT2D eigenvalue weighted by Crippen LogP contribution is 2.30. The molecule has 1 fully saturated rings. The van der Waals surface area contributed by atoms with Crippen LogP contribution in [0, 0.1) is 16.0 Å². The highest BCUT2D eigenvalue weighted by molar-refractivity contribution is 6.05. The van der Waals surface area contributed by atoms with Gasteiger partial charge in [0.15, 0.2) is 0 Å². The zero-order valence-corrected chi connectivity index (χ0v) is 18.7. The van der Waals surface area contributed by atoms with Crippen LogP contribution in [0.2, 0.25) is 0 Å². The van der Waals surface area contributed by atoms with E-state index in [2.05, 4.69) is 27.4 Å². The van der Waals surface area contributed by atoms with Crippen molar-refractivity contribution in [3.63, 3.8) is 0 Å². The van der Waals surface area contributed by atoms with E-state index >= 15 is 0 Å². The molecule has 8 nitrogen and oxygen atoms in total. The van der Waals surface area contributed by atoms with Gasteiger partial charge < -0.3 is 15.5 Å². The number of nitrogens with zero attached hydrogens (tertiary/aromatic N) is 3. The molecule has 0 spiro atoms. The van der Waals surface area contributed by atoms with E-state index in [1.54, 1.807) is 18.3 Å². The van der Waals surface area contributed by atoms with E-state index in [1.165, 1.54) is 12.5 Å². The van der Waals surface area contributed by atoms with Gasteiger partial charge in [-0.05, 0) is 67.8 Å². The zero-order chi connectivity index (χ0) is 23.4. The number of rotatable bonds is 7. The van der Waals surface area contributed by atoms with Crippen LogP contribution in [0.3, 0.4) is 0 Å². The number of benzene rings is 2. The van der Waals surface area contributed by atoms with Crippen molar-refractivity contribution in [2.75, 3.05) is 28.6 Å². The van der Waals surface area contributed by atoms with Crippen molar-refractivity contribution in [1.29, 1.82) is 0 Å². The number of carbonyl (C=O) groups is 1. The van der Waals surface area contributed by atoms with Crippen LogP contribution in [0.1, 0.15) is 42.4 Å². The van der Waals surface area contributed by atoms with Gasteiger partial charge >= 0.3 is 0 Å². The Balaban J connectivity index is 1.46. The maximum absolute atomic E-state index is 12.8. The minimum Gasteiger partial charge on any atom is -0.371 e. The fraction of sp³-hybridized carbons (Fsp3) is 0.280. The zero-order valence-electron chi connectivity index (χ0n) is 18.7. The maximum atomic E-state index is 12.8. The molecule has 8 heteroatoms. The van der Waals surface area contributed by atoms with E-state index in [1.807, 2.05) is 49.4 Å². The molecule has 170 valence electrons. The summed E-state index contributed by atoms with van der Waals surface area (Å²) in [5.41, 5.74) is 2.92. The molecule has 2 N–H and O–H groups in total. The van der Waals surface area contributed by atoms with E-state index in [9.17, 15) is 14.9 Å². The lowest BCUT2D eigenvalue weighted by atomic mass is 10.1. The van der Waals surface area contributed by atoms with Crippen molar-refractivity contribution in [1.82, 2.24) is 4.98 Å². The first-order chi connectivity index (χ1) is 15.9. The molecule has 4 rings (SSSR count). The number of aromatic nitrogens is 1. The van der Waals surface area contributed by atoms with E-state index in [0.717, 1.165) is 24.5 Å². The van der Waals surface area contributed by atoms with Crippen molar-refractivity contribution in [2.24, 2.45) is 5.92 Å². The van der Waals surface area contributed by atoms with Crippen LogP contribution in [-0.4, -0.2) is 28.9 Å². The summed E-state index contributed by atoms with van der Waals surface area (Å²) in [5.74, 6) is 0.287. The second kappa shape index (κ2) is 9.68. The summed E-state index contributed by atoms with van der Waals surface area (Å²) in [6.07, 6.45) is 2.86. The first-order valence-corrected chi connectivity index (χ1v) is 11.0. The summed E-state index contributed by atoms with van der Waals surface area (Å²) >= 11 is 0. The summed E-state index contributed by atoms with van der Waals surface area (Å²) in [5, 5.41) is 17.6. The molecule has 0 bridgehead atoms. The Morgan fingerprint density at radius 2 is 1.97 bits per heavy atom. The standard InChI is InChI=1S/C25H27N5O3/c1-17-12-14-29(16-17)21-9-7-20(8-10-21)28-25(31)19-6-11-23(24(15-19)30(32)33)27-18(2)22-5-3-4-13-26-22/h3-11,13,15,17-18,27H,12,14,16H2,1-2H3,(H,28,31). The monoisotopic (exact) mass is 445 g/mol. The van der Waals surface area contributed by atoms with Gasteiger partial charge in [-0.15, -0.1) is 0 Å². The molecule has 1 saturated heterocycles. The second-order valence-electron chi connectivity index (χ2n) is 8.45. The molecule has 2 unspecified atom stereocenters. The molecular weight excluding hydrogens is 418 g/mol. The molecule has 1 aliphatic heterocycles. The van der Waals surface area contributed by atoms with Crippen LogP contribution in [-0.2, 0) is 0 Å². The molecule has 0 aliphatic carbocycles. The third-order valence-corrected chi connectivity index (χ3v) is 5.87. The third kappa shape index (κ3) is 5.28. The summed E-state index contributed by atoms with van der Waals surface area (Å²) < 4.78 is 0. The lowest BCUT2D eigenvalue weighted by molar-refractivity contribution is -0.384. The number of hydrogen-bond donors (Lipinski definition) is 2. The highest BCUT2D eigenvalue weighted by atomic mass is 16.6. The predicted octanol–water partition coefficient (Wildman–Crippen LogP) is 5.26. The molecule has 2 heterocycles. The first kappa shape index (κ1) is 22.3. The summed E-state index contributed by atoms with van der Waals surface area (Å²) in [6, 6.07) is 17.4. The van der Waals surface area contributed by atoms with Crippen LogP contribution < -0.4 is 15.5 Å². The molecular formula is C25H27N5O3. The molecule has 3 aromatic rings. The Labute approximate surface area is 192 Å². The third-order valence-electron chi connectivity index (χ3n) is 5.87. The second-order valence-corrected chi connectivity index (χ2v) is 8.45. The molecule has 0 saturated carbocycles. The van der Waals surface area contributed by atoms with Crippen molar-refractivity contribution in [3.8, 4) is 0 Å². The van der Waals surface area contributed by atoms with Gasteiger partial charge in [-0.25, -0.2) is 0 Å². The summed E-state index contributed by atoms with van der Waals surface area (Å²) in [7, 11) is 0. The molecule has 33 heavy (non-hydrogen) atoms. The van der Waals surface area contributed by atoms with E-state index < -0.39 is 10.8 Å². The Morgan fingerprint density at radius 1 is 1.18 bits per heavy atom. The van der Waals surface area contributed by atoms with E-state index in [-0.39, 0.29) is 17.3 Å². The lowest BCUT2D eigenvalue weighted by Crippen LogP contribution is -2.19. The molecule has 1 aliphatic rings. The summed E-state index contributed by atoms with van der Waals surface area (Å²) in [4.78, 5) is 30.5. The quantitative estimate of drug-likeness (QED) is 0.380. The Bertz CT molecular complexity index is 1130. The number of hydrogen-bond acceptors (Lipinski definition) is 6. The normalized spacial score (nSPS) is 16.3. The fourth-order valence-electron chi connectivity index (χ4n) is 4.01. The topological polar surface area (TPSA) is 100 Å². The van der Waals surface area contributed by atoms with Crippen molar-refractivity contribution in [2.45, 2.75) is 26.3 Å². The van der Waals surface area contributed by atoms with Gasteiger partial charge in [0.05, 0.1) is 16.7 Å². The molecule has 2 aromatic carbocycles.